The number of anilines is 1. The Morgan fingerprint density at radius 1 is 1.06 bits per heavy atom. The van der Waals surface area contributed by atoms with Gasteiger partial charge in [-0.3, -0.25) is 19.2 Å². The Hall–Kier alpha value is -4.47. The van der Waals surface area contributed by atoms with E-state index in [1.54, 1.807) is 39.0 Å². The van der Waals surface area contributed by atoms with Gasteiger partial charge in [0.1, 0.15) is 23.4 Å². The average Bonchev–Trinajstić information content (AvgIpc) is 3.08. The zero-order valence-corrected chi connectivity index (χ0v) is 32.8. The Labute approximate surface area is 323 Å². The maximum atomic E-state index is 14.9. The first kappa shape index (κ1) is 42.3. The van der Waals surface area contributed by atoms with Crippen LogP contribution in [0.1, 0.15) is 64.5 Å². The maximum absolute atomic E-state index is 14.9. The molecule has 0 radical (unpaired) electrons. The third-order valence-electron chi connectivity index (χ3n) is 8.53. The zero-order valence-electron chi connectivity index (χ0n) is 30.5. The van der Waals surface area contributed by atoms with E-state index in [1.807, 2.05) is 13.0 Å². The zero-order chi connectivity index (χ0) is 40.0. The average molecular weight is 810 g/mol. The van der Waals surface area contributed by atoms with Crippen LogP contribution >= 0.6 is 23.2 Å². The standard InChI is InChI=1S/C37H43Cl2FN4O9S/c1-21-8-6-7-9-25(21)30(45)14-15-31(46)44-20-23-18-24(53-54(5,50)51)11-10-22(23)19-29(44)35(48)43-28(16-17-41-36(49)52-37(2,3)4)34(47)42-27-13-12-26(38)32(39)33(27)40/h6-7,9-13,18,21,28-29H,8,14-17,19-20H2,1-5H3,(H,41,49)(H,42,47)(H,43,48)/t21?,28-,29-/m0/s1. The van der Waals surface area contributed by atoms with Crippen molar-refractivity contribution in [3.8, 4) is 5.75 Å². The third-order valence-corrected chi connectivity index (χ3v) is 9.80. The summed E-state index contributed by atoms with van der Waals surface area (Å²) in [6.45, 7) is 6.63. The summed E-state index contributed by atoms with van der Waals surface area (Å²) in [5.41, 5.74) is 0.595. The quantitative estimate of drug-likeness (QED) is 0.171. The van der Waals surface area contributed by atoms with E-state index in [0.717, 1.165) is 6.26 Å². The summed E-state index contributed by atoms with van der Waals surface area (Å²) in [7, 11) is -3.87. The smallest absolute Gasteiger partial charge is 0.407 e. The molecule has 0 aromatic heterocycles. The molecule has 2 aromatic carbocycles. The highest BCUT2D eigenvalue weighted by Gasteiger charge is 2.37. The van der Waals surface area contributed by atoms with Crippen LogP contribution in [0.2, 0.25) is 10.0 Å². The van der Waals surface area contributed by atoms with Crippen molar-refractivity contribution in [2.45, 2.75) is 84.0 Å². The SMILES string of the molecule is CC1CC=CC=C1C(=O)CCC(=O)N1Cc2cc(OS(C)(=O)=O)ccc2C[C@H]1C(=O)N[C@@H](CCNC(=O)OC(C)(C)C)C(=O)Nc1ccc(Cl)c(Cl)c1F. The van der Waals surface area contributed by atoms with Gasteiger partial charge in [0.05, 0.1) is 22.0 Å². The molecule has 4 amide bonds. The molecule has 292 valence electrons. The first-order valence-electron chi connectivity index (χ1n) is 17.1. The van der Waals surface area contributed by atoms with E-state index in [2.05, 4.69) is 16.0 Å². The molecule has 2 aliphatic rings. The second kappa shape index (κ2) is 17.8. The molecule has 0 bridgehead atoms. The first-order valence-corrected chi connectivity index (χ1v) is 19.7. The molecule has 13 nitrogen and oxygen atoms in total. The third kappa shape index (κ3) is 11.8. The van der Waals surface area contributed by atoms with Gasteiger partial charge in [0, 0.05) is 32.4 Å². The molecule has 1 heterocycles. The Morgan fingerprint density at radius 2 is 1.78 bits per heavy atom. The summed E-state index contributed by atoms with van der Waals surface area (Å²) in [4.78, 5) is 68.3. The number of hydrogen-bond acceptors (Lipinski definition) is 9. The van der Waals surface area contributed by atoms with E-state index in [1.165, 1.54) is 29.2 Å². The fourth-order valence-corrected chi connectivity index (χ4v) is 6.68. The van der Waals surface area contributed by atoms with Gasteiger partial charge in [0.25, 0.3) is 0 Å². The van der Waals surface area contributed by atoms with Gasteiger partial charge in [-0.05, 0) is 80.5 Å². The molecular formula is C37H43Cl2FN4O9S. The number of rotatable bonds is 13. The van der Waals surface area contributed by atoms with E-state index in [-0.39, 0.29) is 66.9 Å². The molecule has 0 saturated heterocycles. The monoisotopic (exact) mass is 808 g/mol. The molecule has 0 saturated carbocycles. The van der Waals surface area contributed by atoms with Gasteiger partial charge in [-0.1, -0.05) is 54.4 Å². The van der Waals surface area contributed by atoms with Crippen molar-refractivity contribution in [2.24, 2.45) is 5.92 Å². The van der Waals surface area contributed by atoms with Gasteiger partial charge in [0.15, 0.2) is 11.6 Å². The largest absolute Gasteiger partial charge is 0.444 e. The molecule has 1 aliphatic heterocycles. The van der Waals surface area contributed by atoms with Gasteiger partial charge in [-0.2, -0.15) is 8.42 Å². The van der Waals surface area contributed by atoms with Crippen LogP contribution in [0.4, 0.5) is 14.9 Å². The van der Waals surface area contributed by atoms with Crippen molar-refractivity contribution in [1.29, 1.82) is 0 Å². The van der Waals surface area contributed by atoms with Crippen LogP contribution in [0, 0.1) is 11.7 Å². The number of alkyl carbamates (subject to hydrolysis) is 1. The Morgan fingerprint density at radius 3 is 2.44 bits per heavy atom. The van der Waals surface area contributed by atoms with Crippen molar-refractivity contribution < 1.29 is 45.7 Å². The summed E-state index contributed by atoms with van der Waals surface area (Å²) < 4.78 is 48.8. The normalized spacial score (nSPS) is 17.4. The van der Waals surface area contributed by atoms with E-state index in [9.17, 15) is 36.8 Å². The van der Waals surface area contributed by atoms with Crippen molar-refractivity contribution in [3.05, 3.63) is 81.1 Å². The number of halogens is 3. The lowest BCUT2D eigenvalue weighted by Crippen LogP contribution is -2.56. The maximum Gasteiger partial charge on any atom is 0.407 e. The Bertz CT molecular complexity index is 1980. The highest BCUT2D eigenvalue weighted by Crippen LogP contribution is 2.31. The lowest BCUT2D eigenvalue weighted by atomic mass is 9.88. The molecule has 17 heteroatoms. The summed E-state index contributed by atoms with van der Waals surface area (Å²) in [5.74, 6) is -3.36. The van der Waals surface area contributed by atoms with E-state index < -0.39 is 62.5 Å². The molecule has 1 unspecified atom stereocenters. The first-order chi connectivity index (χ1) is 25.2. The number of ketones is 1. The minimum Gasteiger partial charge on any atom is -0.444 e. The minimum absolute atomic E-state index is 0.0109. The molecule has 2 aromatic rings. The molecular weight excluding hydrogens is 766 g/mol. The summed E-state index contributed by atoms with van der Waals surface area (Å²) in [5, 5.41) is 7.06. The number of carbonyl (C=O) groups excluding carboxylic acids is 5. The summed E-state index contributed by atoms with van der Waals surface area (Å²) >= 11 is 11.8. The highest BCUT2D eigenvalue weighted by molar-refractivity contribution is 7.86. The number of Topliss-reactive ketones (excluding diaryl/α,β-unsaturated/α-hetero) is 1. The van der Waals surface area contributed by atoms with Gasteiger partial charge in [-0.15, -0.1) is 0 Å². The van der Waals surface area contributed by atoms with E-state index in [0.29, 0.717) is 23.1 Å². The van der Waals surface area contributed by atoms with Crippen LogP contribution in [0.3, 0.4) is 0 Å². The van der Waals surface area contributed by atoms with Gasteiger partial charge >= 0.3 is 16.2 Å². The predicted octanol–water partition coefficient (Wildman–Crippen LogP) is 5.63. The fraction of sp³-hybridized carbons (Fsp3) is 0.432. The molecule has 54 heavy (non-hydrogen) atoms. The van der Waals surface area contributed by atoms with Gasteiger partial charge in [-0.25, -0.2) is 9.18 Å². The fourth-order valence-electron chi connectivity index (χ4n) is 5.92. The summed E-state index contributed by atoms with van der Waals surface area (Å²) in [6, 6.07) is 4.37. The van der Waals surface area contributed by atoms with Crippen molar-refractivity contribution in [3.63, 3.8) is 0 Å². The van der Waals surface area contributed by atoms with E-state index >= 15 is 0 Å². The van der Waals surface area contributed by atoms with Crippen molar-refractivity contribution >= 4 is 68.6 Å². The summed E-state index contributed by atoms with van der Waals surface area (Å²) in [6.07, 6.45) is 5.71. The van der Waals surface area contributed by atoms with Crippen LogP contribution < -0.4 is 20.1 Å². The number of nitrogens with zero attached hydrogens (tertiary/aromatic N) is 1. The second-order valence-electron chi connectivity index (χ2n) is 14.1. The molecule has 0 spiro atoms. The molecule has 3 N–H and O–H groups in total. The number of amides is 4. The van der Waals surface area contributed by atoms with Crippen LogP contribution in [-0.2, 0) is 47.0 Å². The number of benzene rings is 2. The minimum atomic E-state index is -3.87. The molecule has 1 aliphatic carbocycles. The lowest BCUT2D eigenvalue weighted by Gasteiger charge is -2.37. The van der Waals surface area contributed by atoms with Gasteiger partial charge < -0.3 is 29.8 Å². The number of hydrogen-bond donors (Lipinski definition) is 3. The highest BCUT2D eigenvalue weighted by atomic mass is 35.5. The van der Waals surface area contributed by atoms with Crippen LogP contribution in [0.5, 0.6) is 5.75 Å². The van der Waals surface area contributed by atoms with Crippen LogP contribution in [0.15, 0.2) is 54.1 Å². The number of nitrogens with one attached hydrogen (secondary N) is 3. The second-order valence-corrected chi connectivity index (χ2v) is 16.4. The van der Waals surface area contributed by atoms with Crippen LogP contribution in [0.25, 0.3) is 0 Å². The molecule has 0 fully saturated rings. The number of ether oxygens (including phenoxy) is 1. The topological polar surface area (TPSA) is 177 Å². The number of carbonyl (C=O) groups is 5. The van der Waals surface area contributed by atoms with Gasteiger partial charge in [0.2, 0.25) is 17.7 Å². The molecule has 4 rings (SSSR count). The number of allylic oxidation sites excluding steroid dienone is 4. The van der Waals surface area contributed by atoms with Crippen molar-refractivity contribution in [1.82, 2.24) is 15.5 Å². The lowest BCUT2D eigenvalue weighted by molar-refractivity contribution is -0.143. The van der Waals surface area contributed by atoms with Crippen molar-refractivity contribution in [2.75, 3.05) is 18.1 Å². The van der Waals surface area contributed by atoms with Crippen LogP contribution in [-0.4, -0.2) is 73.4 Å². The molecule has 3 atom stereocenters. The predicted molar refractivity (Wildman–Crippen MR) is 201 cm³/mol. The number of fused-ring (bicyclic) bond motifs is 1. The Kier molecular flexibility index (Phi) is 13.9. The Balaban J connectivity index is 1.60. The van der Waals surface area contributed by atoms with E-state index in [4.69, 9.17) is 32.1 Å².